The molecule has 1 aromatic carbocycles. The molecular weight excluding hydrogens is 296 g/mol. The van der Waals surface area contributed by atoms with E-state index in [9.17, 15) is 0 Å². The van der Waals surface area contributed by atoms with E-state index in [1.165, 1.54) is 34.8 Å². The minimum atomic E-state index is 0.597. The van der Waals surface area contributed by atoms with Gasteiger partial charge in [-0.05, 0) is 36.4 Å². The van der Waals surface area contributed by atoms with Gasteiger partial charge in [-0.25, -0.2) is 4.98 Å². The SMILES string of the molecule is CCCCSc1ccc(NCc2cnc(Cl)s2)cc1. The van der Waals surface area contributed by atoms with Crippen LogP contribution >= 0.6 is 34.7 Å². The van der Waals surface area contributed by atoms with Gasteiger partial charge in [0.15, 0.2) is 4.47 Å². The maximum Gasteiger partial charge on any atom is 0.183 e. The maximum atomic E-state index is 5.80. The van der Waals surface area contributed by atoms with Crippen LogP contribution in [0.1, 0.15) is 24.6 Å². The van der Waals surface area contributed by atoms with E-state index in [1.807, 2.05) is 18.0 Å². The topological polar surface area (TPSA) is 24.9 Å². The van der Waals surface area contributed by atoms with Crippen molar-refractivity contribution >= 4 is 40.4 Å². The predicted molar refractivity (Wildman–Crippen MR) is 86.5 cm³/mol. The van der Waals surface area contributed by atoms with Crippen LogP contribution in [-0.2, 0) is 6.54 Å². The second-order valence-corrected chi connectivity index (χ2v) is 7.03. The van der Waals surface area contributed by atoms with E-state index in [0.717, 1.165) is 17.1 Å². The van der Waals surface area contributed by atoms with E-state index in [-0.39, 0.29) is 0 Å². The number of rotatable bonds is 7. The summed E-state index contributed by atoms with van der Waals surface area (Å²) in [7, 11) is 0. The third kappa shape index (κ3) is 5.05. The first-order valence-corrected chi connectivity index (χ1v) is 8.53. The van der Waals surface area contributed by atoms with E-state index in [1.54, 1.807) is 0 Å². The van der Waals surface area contributed by atoms with Crippen molar-refractivity contribution in [2.24, 2.45) is 0 Å². The lowest BCUT2D eigenvalue weighted by molar-refractivity contribution is 0.896. The van der Waals surface area contributed by atoms with Crippen molar-refractivity contribution < 1.29 is 0 Å². The third-order valence-corrected chi connectivity index (χ3v) is 4.83. The number of hydrogen-bond acceptors (Lipinski definition) is 4. The quantitative estimate of drug-likeness (QED) is 0.554. The molecule has 2 aromatic rings. The number of nitrogens with zero attached hydrogens (tertiary/aromatic N) is 1. The lowest BCUT2D eigenvalue weighted by atomic mass is 10.3. The first kappa shape index (κ1) is 14.7. The van der Waals surface area contributed by atoms with Crippen LogP contribution in [0.15, 0.2) is 35.4 Å². The number of halogens is 1. The normalized spacial score (nSPS) is 10.6. The highest BCUT2D eigenvalue weighted by Crippen LogP contribution is 2.23. The molecule has 0 radical (unpaired) electrons. The van der Waals surface area contributed by atoms with Gasteiger partial charge in [0.25, 0.3) is 0 Å². The summed E-state index contributed by atoms with van der Waals surface area (Å²) in [5.74, 6) is 1.20. The molecule has 0 saturated heterocycles. The Bertz CT molecular complexity index is 496. The average molecular weight is 313 g/mol. The fraction of sp³-hybridized carbons (Fsp3) is 0.357. The average Bonchev–Trinajstić information content (AvgIpc) is 2.84. The van der Waals surface area contributed by atoms with Crippen LogP contribution in [0.4, 0.5) is 5.69 Å². The summed E-state index contributed by atoms with van der Waals surface area (Å²) < 4.78 is 0.597. The molecule has 0 bridgehead atoms. The zero-order chi connectivity index (χ0) is 13.5. The predicted octanol–water partition coefficient (Wildman–Crippen LogP) is 5.30. The van der Waals surface area contributed by atoms with E-state index >= 15 is 0 Å². The molecule has 0 aliphatic heterocycles. The fourth-order valence-electron chi connectivity index (χ4n) is 1.56. The van der Waals surface area contributed by atoms with Gasteiger partial charge in [-0.2, -0.15) is 0 Å². The molecule has 0 amide bonds. The zero-order valence-electron chi connectivity index (χ0n) is 10.9. The molecule has 0 aliphatic rings. The smallest absolute Gasteiger partial charge is 0.183 e. The number of thiazole rings is 1. The number of unbranched alkanes of at least 4 members (excludes halogenated alkanes) is 1. The molecule has 0 aliphatic carbocycles. The van der Waals surface area contributed by atoms with Crippen LogP contribution in [-0.4, -0.2) is 10.7 Å². The molecule has 2 rings (SSSR count). The Morgan fingerprint density at radius 3 is 2.74 bits per heavy atom. The molecule has 0 fully saturated rings. The maximum absolute atomic E-state index is 5.80. The summed E-state index contributed by atoms with van der Waals surface area (Å²) in [6.45, 7) is 2.99. The van der Waals surface area contributed by atoms with Crippen molar-refractivity contribution in [3.8, 4) is 0 Å². The van der Waals surface area contributed by atoms with Crippen LogP contribution < -0.4 is 5.32 Å². The van der Waals surface area contributed by atoms with Gasteiger partial charge >= 0.3 is 0 Å². The Morgan fingerprint density at radius 2 is 2.11 bits per heavy atom. The van der Waals surface area contributed by atoms with E-state index in [4.69, 9.17) is 11.6 Å². The Labute approximate surface area is 127 Å². The van der Waals surface area contributed by atoms with Crippen molar-refractivity contribution in [1.29, 1.82) is 0 Å². The monoisotopic (exact) mass is 312 g/mol. The van der Waals surface area contributed by atoms with Gasteiger partial charge in [0.1, 0.15) is 0 Å². The van der Waals surface area contributed by atoms with Gasteiger partial charge in [0, 0.05) is 21.7 Å². The Balaban J connectivity index is 1.81. The van der Waals surface area contributed by atoms with Gasteiger partial charge in [-0.15, -0.1) is 23.1 Å². The van der Waals surface area contributed by atoms with E-state index < -0.39 is 0 Å². The van der Waals surface area contributed by atoms with Gasteiger partial charge < -0.3 is 5.32 Å². The highest BCUT2D eigenvalue weighted by Gasteiger charge is 2.00. The van der Waals surface area contributed by atoms with Crippen molar-refractivity contribution in [3.63, 3.8) is 0 Å². The molecule has 2 nitrogen and oxygen atoms in total. The van der Waals surface area contributed by atoms with Crippen LogP contribution in [0.2, 0.25) is 4.47 Å². The van der Waals surface area contributed by atoms with E-state index in [0.29, 0.717) is 4.47 Å². The van der Waals surface area contributed by atoms with Crippen molar-refractivity contribution in [3.05, 3.63) is 39.8 Å². The first-order valence-electron chi connectivity index (χ1n) is 6.35. The Morgan fingerprint density at radius 1 is 1.32 bits per heavy atom. The lowest BCUT2D eigenvalue weighted by Crippen LogP contribution is -1.96. The van der Waals surface area contributed by atoms with Gasteiger partial charge in [-0.1, -0.05) is 24.9 Å². The van der Waals surface area contributed by atoms with E-state index in [2.05, 4.69) is 41.5 Å². The van der Waals surface area contributed by atoms with Crippen LogP contribution in [0.5, 0.6) is 0 Å². The molecule has 5 heteroatoms. The molecule has 1 N–H and O–H groups in total. The van der Waals surface area contributed by atoms with Crippen molar-refractivity contribution in [2.75, 3.05) is 11.1 Å². The second kappa shape index (κ2) is 7.78. The molecular formula is C14H17ClN2S2. The minimum Gasteiger partial charge on any atom is -0.380 e. The summed E-state index contributed by atoms with van der Waals surface area (Å²) >= 11 is 9.23. The number of nitrogens with one attached hydrogen (secondary N) is 1. The van der Waals surface area contributed by atoms with Gasteiger partial charge in [0.2, 0.25) is 0 Å². The summed E-state index contributed by atoms with van der Waals surface area (Å²) in [6.07, 6.45) is 4.34. The Hall–Kier alpha value is -0.710. The first-order chi connectivity index (χ1) is 9.28. The zero-order valence-corrected chi connectivity index (χ0v) is 13.2. The number of benzene rings is 1. The summed E-state index contributed by atoms with van der Waals surface area (Å²) in [6, 6.07) is 8.58. The number of thioether (sulfide) groups is 1. The summed E-state index contributed by atoms with van der Waals surface area (Å²) in [4.78, 5) is 6.50. The third-order valence-electron chi connectivity index (χ3n) is 2.61. The van der Waals surface area contributed by atoms with Crippen molar-refractivity contribution in [2.45, 2.75) is 31.2 Å². The highest BCUT2D eigenvalue weighted by atomic mass is 35.5. The number of anilines is 1. The largest absolute Gasteiger partial charge is 0.380 e. The fourth-order valence-corrected chi connectivity index (χ4v) is 3.47. The molecule has 0 unspecified atom stereocenters. The molecule has 0 spiro atoms. The molecule has 0 saturated carbocycles. The molecule has 1 aromatic heterocycles. The summed E-state index contributed by atoms with van der Waals surface area (Å²) in [5, 5.41) is 3.37. The van der Waals surface area contributed by atoms with Crippen LogP contribution in [0.3, 0.4) is 0 Å². The lowest BCUT2D eigenvalue weighted by Gasteiger charge is -2.06. The standard InChI is InChI=1S/C14H17ClN2S2/c1-2-3-8-18-12-6-4-11(5-7-12)16-9-13-10-17-14(15)19-13/h4-7,10,16H,2-3,8-9H2,1H3. The summed E-state index contributed by atoms with van der Waals surface area (Å²) in [5.41, 5.74) is 1.13. The number of aromatic nitrogens is 1. The molecule has 0 atom stereocenters. The molecule has 1 heterocycles. The highest BCUT2D eigenvalue weighted by molar-refractivity contribution is 7.99. The van der Waals surface area contributed by atoms with Gasteiger partial charge in [-0.3, -0.25) is 0 Å². The minimum absolute atomic E-state index is 0.597. The van der Waals surface area contributed by atoms with Crippen LogP contribution in [0.25, 0.3) is 0 Å². The van der Waals surface area contributed by atoms with Gasteiger partial charge in [0.05, 0.1) is 6.54 Å². The molecule has 19 heavy (non-hydrogen) atoms. The Kier molecular flexibility index (Phi) is 6.01. The molecule has 102 valence electrons. The van der Waals surface area contributed by atoms with Crippen LogP contribution in [0, 0.1) is 0 Å². The second-order valence-electron chi connectivity index (χ2n) is 4.16. The number of hydrogen-bond donors (Lipinski definition) is 1. The van der Waals surface area contributed by atoms with Crippen molar-refractivity contribution in [1.82, 2.24) is 4.98 Å².